The van der Waals surface area contributed by atoms with Crippen LogP contribution in [0.25, 0.3) is 0 Å². The molecule has 148 valence electrons. The van der Waals surface area contributed by atoms with Gasteiger partial charge in [0.1, 0.15) is 0 Å². The number of aryl methyl sites for hydroxylation is 1. The van der Waals surface area contributed by atoms with Crippen LogP contribution in [0.3, 0.4) is 0 Å². The van der Waals surface area contributed by atoms with E-state index in [1.165, 1.54) is 10.5 Å². The van der Waals surface area contributed by atoms with Gasteiger partial charge in [-0.1, -0.05) is 49.4 Å². The summed E-state index contributed by atoms with van der Waals surface area (Å²) in [6.07, 6.45) is 1.02. The summed E-state index contributed by atoms with van der Waals surface area (Å²) in [6, 6.07) is 17.8. The van der Waals surface area contributed by atoms with Gasteiger partial charge >= 0.3 is 0 Å². The molecule has 0 aliphatic carbocycles. The number of nitrogens with zero attached hydrogens (tertiary/aromatic N) is 1. The summed E-state index contributed by atoms with van der Waals surface area (Å²) in [5.41, 5.74) is 3.15. The number of rotatable bonds is 6. The Morgan fingerprint density at radius 2 is 1.68 bits per heavy atom. The van der Waals surface area contributed by atoms with Crippen LogP contribution in [0.5, 0.6) is 0 Å². The zero-order valence-corrected chi connectivity index (χ0v) is 16.8. The number of nitrogens with one attached hydrogen (secondary N) is 2. The van der Waals surface area contributed by atoms with Crippen LogP contribution >= 0.6 is 0 Å². The first-order valence-electron chi connectivity index (χ1n) is 10.1. The van der Waals surface area contributed by atoms with Crippen molar-refractivity contribution in [2.75, 3.05) is 32.7 Å². The number of piperazine rings is 1. The van der Waals surface area contributed by atoms with Gasteiger partial charge in [0.15, 0.2) is 6.54 Å². The molecule has 0 bridgehead atoms. The van der Waals surface area contributed by atoms with Crippen LogP contribution in [0.4, 0.5) is 0 Å². The lowest BCUT2D eigenvalue weighted by Crippen LogP contribution is -3.15. The largest absolute Gasteiger partial charge is 0.345 e. The Balaban J connectivity index is 1.45. The van der Waals surface area contributed by atoms with Gasteiger partial charge in [0, 0.05) is 5.56 Å². The van der Waals surface area contributed by atoms with E-state index in [2.05, 4.69) is 36.5 Å². The van der Waals surface area contributed by atoms with E-state index >= 15 is 0 Å². The first-order valence-corrected chi connectivity index (χ1v) is 10.1. The number of carbonyl (C=O) groups excluding carboxylic acids is 2. The fourth-order valence-corrected chi connectivity index (χ4v) is 3.61. The molecule has 1 fully saturated rings. The third kappa shape index (κ3) is 5.20. The number of quaternary nitrogens is 1. The molecule has 5 heteroatoms. The lowest BCUT2D eigenvalue weighted by molar-refractivity contribution is -0.896. The van der Waals surface area contributed by atoms with E-state index in [4.69, 9.17) is 0 Å². The zero-order chi connectivity index (χ0) is 19.9. The summed E-state index contributed by atoms with van der Waals surface area (Å²) in [5, 5.41) is 3.10. The van der Waals surface area contributed by atoms with Crippen LogP contribution in [-0.4, -0.2) is 49.4 Å². The summed E-state index contributed by atoms with van der Waals surface area (Å²) in [6.45, 7) is 7.57. The lowest BCUT2D eigenvalue weighted by atomic mass is 10.0. The van der Waals surface area contributed by atoms with Gasteiger partial charge in [-0.3, -0.25) is 9.59 Å². The molecular weight excluding hydrogens is 350 g/mol. The van der Waals surface area contributed by atoms with E-state index in [0.29, 0.717) is 19.6 Å². The topological polar surface area (TPSA) is 53.9 Å². The molecule has 1 atom stereocenters. The molecule has 2 aromatic rings. The Labute approximate surface area is 167 Å². The Hall–Kier alpha value is -2.66. The van der Waals surface area contributed by atoms with E-state index in [1.807, 2.05) is 42.2 Å². The fraction of sp³-hybridized carbons (Fsp3) is 0.391. The Morgan fingerprint density at radius 1 is 1.04 bits per heavy atom. The summed E-state index contributed by atoms with van der Waals surface area (Å²) in [7, 11) is 0. The summed E-state index contributed by atoms with van der Waals surface area (Å²) in [4.78, 5) is 28.1. The van der Waals surface area contributed by atoms with Gasteiger partial charge in [-0.15, -0.1) is 0 Å². The highest BCUT2D eigenvalue weighted by Crippen LogP contribution is 2.13. The van der Waals surface area contributed by atoms with E-state index in [9.17, 15) is 9.59 Å². The van der Waals surface area contributed by atoms with Crippen molar-refractivity contribution in [3.8, 4) is 0 Å². The van der Waals surface area contributed by atoms with E-state index in [0.717, 1.165) is 30.6 Å². The molecule has 2 aromatic carbocycles. The maximum atomic E-state index is 12.5. The van der Waals surface area contributed by atoms with Gasteiger partial charge in [0.25, 0.3) is 11.8 Å². The van der Waals surface area contributed by atoms with Crippen molar-refractivity contribution in [2.24, 2.45) is 0 Å². The standard InChI is InChI=1S/C23H29N3O2/c1-3-19-9-11-20(12-10-19)18(2)24-22(27)17-25-13-15-26(16-14-25)23(28)21-7-5-4-6-8-21/h4-12,18H,3,13-17H2,1-2H3,(H,24,27)/p+1/t18-/m1/s1. The van der Waals surface area contributed by atoms with Crippen molar-refractivity contribution in [1.82, 2.24) is 10.2 Å². The fourth-order valence-electron chi connectivity index (χ4n) is 3.61. The summed E-state index contributed by atoms with van der Waals surface area (Å²) in [5.74, 6) is 0.137. The molecule has 2 N–H and O–H groups in total. The molecule has 1 heterocycles. The monoisotopic (exact) mass is 380 g/mol. The minimum atomic E-state index is -0.00115. The SMILES string of the molecule is CCc1ccc([C@@H](C)NC(=O)C[NH+]2CCN(C(=O)c3ccccc3)CC2)cc1. The zero-order valence-electron chi connectivity index (χ0n) is 16.8. The van der Waals surface area contributed by atoms with Crippen LogP contribution < -0.4 is 10.2 Å². The van der Waals surface area contributed by atoms with Gasteiger partial charge < -0.3 is 15.1 Å². The Bertz CT molecular complexity index is 781. The van der Waals surface area contributed by atoms with Crippen LogP contribution in [0.15, 0.2) is 54.6 Å². The molecule has 0 spiro atoms. The normalized spacial score (nSPS) is 15.9. The second kappa shape index (κ2) is 9.51. The third-order valence-corrected chi connectivity index (χ3v) is 5.45. The van der Waals surface area contributed by atoms with Crippen molar-refractivity contribution < 1.29 is 14.5 Å². The molecule has 1 saturated heterocycles. The number of carbonyl (C=O) groups is 2. The van der Waals surface area contributed by atoms with Gasteiger partial charge in [0.05, 0.1) is 32.2 Å². The van der Waals surface area contributed by atoms with E-state index in [-0.39, 0.29) is 17.9 Å². The first kappa shape index (κ1) is 20.1. The summed E-state index contributed by atoms with van der Waals surface area (Å²) >= 11 is 0. The number of benzene rings is 2. The average Bonchev–Trinajstić information content (AvgIpc) is 2.74. The molecule has 2 amide bonds. The molecule has 3 rings (SSSR count). The Kier molecular flexibility index (Phi) is 6.82. The van der Waals surface area contributed by atoms with Crippen molar-refractivity contribution in [3.05, 3.63) is 71.3 Å². The predicted octanol–water partition coefficient (Wildman–Crippen LogP) is 1.47. The molecule has 5 nitrogen and oxygen atoms in total. The van der Waals surface area contributed by atoms with Gasteiger partial charge in [0.2, 0.25) is 0 Å². The highest BCUT2D eigenvalue weighted by atomic mass is 16.2. The molecule has 28 heavy (non-hydrogen) atoms. The number of amides is 2. The second-order valence-corrected chi connectivity index (χ2v) is 7.47. The maximum Gasteiger partial charge on any atom is 0.275 e. The van der Waals surface area contributed by atoms with Crippen LogP contribution in [0.1, 0.15) is 41.4 Å². The average molecular weight is 381 g/mol. The van der Waals surface area contributed by atoms with Crippen molar-refractivity contribution in [2.45, 2.75) is 26.3 Å². The molecule has 0 radical (unpaired) electrons. The van der Waals surface area contributed by atoms with Crippen LogP contribution in [0.2, 0.25) is 0 Å². The maximum absolute atomic E-state index is 12.5. The van der Waals surface area contributed by atoms with Gasteiger partial charge in [-0.2, -0.15) is 0 Å². The summed E-state index contributed by atoms with van der Waals surface area (Å²) < 4.78 is 0. The van der Waals surface area contributed by atoms with Gasteiger partial charge in [-0.25, -0.2) is 0 Å². The number of hydrogen-bond donors (Lipinski definition) is 2. The van der Waals surface area contributed by atoms with E-state index < -0.39 is 0 Å². The molecule has 1 aliphatic rings. The second-order valence-electron chi connectivity index (χ2n) is 7.47. The molecule has 0 unspecified atom stereocenters. The minimum Gasteiger partial charge on any atom is -0.345 e. The van der Waals surface area contributed by atoms with Crippen LogP contribution in [-0.2, 0) is 11.2 Å². The molecule has 0 saturated carbocycles. The van der Waals surface area contributed by atoms with Gasteiger partial charge in [-0.05, 0) is 36.6 Å². The molecular formula is C23H30N3O2+. The minimum absolute atomic E-state index is 0.00115. The van der Waals surface area contributed by atoms with Crippen LogP contribution in [0, 0.1) is 0 Å². The molecule has 1 aliphatic heterocycles. The highest BCUT2D eigenvalue weighted by molar-refractivity contribution is 5.94. The Morgan fingerprint density at radius 3 is 2.29 bits per heavy atom. The van der Waals surface area contributed by atoms with E-state index in [1.54, 1.807) is 0 Å². The quantitative estimate of drug-likeness (QED) is 0.797. The smallest absolute Gasteiger partial charge is 0.275 e. The predicted molar refractivity (Wildman–Crippen MR) is 110 cm³/mol. The van der Waals surface area contributed by atoms with Crippen molar-refractivity contribution >= 4 is 11.8 Å². The molecule has 0 aromatic heterocycles. The van der Waals surface area contributed by atoms with Crippen molar-refractivity contribution in [1.29, 1.82) is 0 Å². The first-order chi connectivity index (χ1) is 13.6. The highest BCUT2D eigenvalue weighted by Gasteiger charge is 2.26. The van der Waals surface area contributed by atoms with Crippen molar-refractivity contribution in [3.63, 3.8) is 0 Å². The number of hydrogen-bond acceptors (Lipinski definition) is 2. The lowest BCUT2D eigenvalue weighted by Gasteiger charge is -2.32. The third-order valence-electron chi connectivity index (χ3n) is 5.45.